The molecule has 1 fully saturated rings. The highest BCUT2D eigenvalue weighted by Gasteiger charge is 2.31. The zero-order valence-electron chi connectivity index (χ0n) is 12.3. The van der Waals surface area contributed by atoms with Crippen LogP contribution in [0.1, 0.15) is 25.1 Å². The van der Waals surface area contributed by atoms with Crippen LogP contribution in [0, 0.1) is 0 Å². The summed E-state index contributed by atoms with van der Waals surface area (Å²) in [7, 11) is 0. The van der Waals surface area contributed by atoms with Crippen molar-refractivity contribution in [2.75, 3.05) is 18.4 Å². The zero-order valence-corrected chi connectivity index (χ0v) is 13.0. The van der Waals surface area contributed by atoms with Gasteiger partial charge in [-0.2, -0.15) is 5.10 Å². The Morgan fingerprint density at radius 1 is 1.55 bits per heavy atom. The second-order valence-corrected chi connectivity index (χ2v) is 5.96. The largest absolute Gasteiger partial charge is 0.325 e. The van der Waals surface area contributed by atoms with Gasteiger partial charge in [-0.1, -0.05) is 17.7 Å². The molecule has 0 aliphatic carbocycles. The third kappa shape index (κ3) is 3.28. The lowest BCUT2D eigenvalue weighted by Crippen LogP contribution is -2.40. The molecule has 0 saturated carbocycles. The Kier molecular flexibility index (Phi) is 4.40. The van der Waals surface area contributed by atoms with Crippen molar-refractivity contribution in [3.8, 4) is 0 Å². The van der Waals surface area contributed by atoms with E-state index in [1.807, 2.05) is 19.1 Å². The normalized spacial score (nSPS) is 20.0. The van der Waals surface area contributed by atoms with Crippen LogP contribution in [0.15, 0.2) is 30.6 Å². The molecule has 2 aromatic rings. The Morgan fingerprint density at radius 3 is 3.14 bits per heavy atom. The van der Waals surface area contributed by atoms with Crippen LogP contribution >= 0.6 is 11.6 Å². The Labute approximate surface area is 133 Å². The number of aromatic nitrogens is 3. The minimum atomic E-state index is -0.202. The lowest BCUT2D eigenvalue weighted by molar-refractivity contribution is -0.120. The van der Waals surface area contributed by atoms with Gasteiger partial charge >= 0.3 is 0 Å². The van der Waals surface area contributed by atoms with Crippen LogP contribution in [0.2, 0.25) is 5.02 Å². The minimum absolute atomic E-state index is 0.0273. The van der Waals surface area contributed by atoms with E-state index in [2.05, 4.69) is 25.4 Å². The molecule has 1 aliphatic heterocycles. The van der Waals surface area contributed by atoms with Crippen LogP contribution < -0.4 is 5.32 Å². The van der Waals surface area contributed by atoms with Crippen LogP contribution in [0.3, 0.4) is 0 Å². The average molecular weight is 320 g/mol. The molecule has 0 radical (unpaired) electrons. The molecule has 2 N–H and O–H groups in total. The van der Waals surface area contributed by atoms with Gasteiger partial charge in [-0.3, -0.25) is 14.8 Å². The maximum atomic E-state index is 12.4. The van der Waals surface area contributed by atoms with E-state index in [0.29, 0.717) is 10.9 Å². The summed E-state index contributed by atoms with van der Waals surface area (Å²) in [5.41, 5.74) is 0.718. The SMILES string of the molecule is C[C@@H](C(=O)Nc1cccc(Cl)c1)N1CC[C@@H](c2ncn[nH]2)C1. The van der Waals surface area contributed by atoms with Crippen LogP contribution in [0.4, 0.5) is 5.69 Å². The first-order valence-electron chi connectivity index (χ1n) is 7.29. The van der Waals surface area contributed by atoms with E-state index in [1.165, 1.54) is 6.33 Å². The summed E-state index contributed by atoms with van der Waals surface area (Å²) < 4.78 is 0. The van der Waals surface area contributed by atoms with Gasteiger partial charge in [0.25, 0.3) is 0 Å². The van der Waals surface area contributed by atoms with E-state index >= 15 is 0 Å². The number of carbonyl (C=O) groups excluding carboxylic acids is 1. The number of nitrogens with zero attached hydrogens (tertiary/aromatic N) is 3. The number of nitrogens with one attached hydrogen (secondary N) is 2. The number of halogens is 1. The first-order chi connectivity index (χ1) is 10.6. The van der Waals surface area contributed by atoms with E-state index in [0.717, 1.165) is 31.0 Å². The van der Waals surface area contributed by atoms with Gasteiger partial charge in [0.15, 0.2) is 0 Å². The van der Waals surface area contributed by atoms with Crippen molar-refractivity contribution in [3.05, 3.63) is 41.4 Å². The van der Waals surface area contributed by atoms with Crippen molar-refractivity contribution >= 4 is 23.2 Å². The molecule has 7 heteroatoms. The molecule has 6 nitrogen and oxygen atoms in total. The molecule has 1 aromatic heterocycles. The molecule has 2 atom stereocenters. The van der Waals surface area contributed by atoms with E-state index in [9.17, 15) is 4.79 Å². The topological polar surface area (TPSA) is 73.9 Å². The highest BCUT2D eigenvalue weighted by Crippen LogP contribution is 2.26. The molecule has 1 aliphatic rings. The van der Waals surface area contributed by atoms with Gasteiger partial charge in [0.2, 0.25) is 5.91 Å². The number of anilines is 1. The average Bonchev–Trinajstić information content (AvgIpc) is 3.17. The fraction of sp³-hybridized carbons (Fsp3) is 0.400. The molecule has 0 spiro atoms. The van der Waals surface area contributed by atoms with Gasteiger partial charge in [0, 0.05) is 23.2 Å². The monoisotopic (exact) mass is 319 g/mol. The Balaban J connectivity index is 1.59. The van der Waals surface area contributed by atoms with Crippen LogP contribution in [-0.2, 0) is 4.79 Å². The Hall–Kier alpha value is -1.92. The summed E-state index contributed by atoms with van der Waals surface area (Å²) in [6, 6.07) is 6.97. The van der Waals surface area contributed by atoms with E-state index in [1.54, 1.807) is 12.1 Å². The molecule has 116 valence electrons. The maximum Gasteiger partial charge on any atom is 0.241 e. The Bertz CT molecular complexity index is 645. The first kappa shape index (κ1) is 15.0. The molecule has 0 unspecified atom stereocenters. The van der Waals surface area contributed by atoms with E-state index in [-0.39, 0.29) is 11.9 Å². The van der Waals surface area contributed by atoms with E-state index < -0.39 is 0 Å². The fourth-order valence-corrected chi connectivity index (χ4v) is 2.94. The van der Waals surface area contributed by atoms with Crippen molar-refractivity contribution in [1.82, 2.24) is 20.1 Å². The number of H-pyrrole nitrogens is 1. The zero-order chi connectivity index (χ0) is 15.5. The van der Waals surface area contributed by atoms with Crippen molar-refractivity contribution in [1.29, 1.82) is 0 Å². The number of carbonyl (C=O) groups is 1. The molecule has 1 saturated heterocycles. The van der Waals surface area contributed by atoms with Gasteiger partial charge in [0.1, 0.15) is 12.2 Å². The van der Waals surface area contributed by atoms with Gasteiger partial charge in [-0.05, 0) is 38.1 Å². The second kappa shape index (κ2) is 6.46. The summed E-state index contributed by atoms with van der Waals surface area (Å²) in [6.07, 6.45) is 2.50. The molecule has 22 heavy (non-hydrogen) atoms. The van der Waals surface area contributed by atoms with Crippen molar-refractivity contribution < 1.29 is 4.79 Å². The number of likely N-dealkylation sites (tertiary alicyclic amines) is 1. The number of rotatable bonds is 4. The van der Waals surface area contributed by atoms with Gasteiger partial charge in [0.05, 0.1) is 6.04 Å². The van der Waals surface area contributed by atoms with Gasteiger partial charge in [-0.25, -0.2) is 4.98 Å². The number of aromatic amines is 1. The predicted molar refractivity (Wildman–Crippen MR) is 84.9 cm³/mol. The number of benzene rings is 1. The lowest BCUT2D eigenvalue weighted by Gasteiger charge is -2.23. The molecule has 1 amide bonds. The van der Waals surface area contributed by atoms with Crippen molar-refractivity contribution in [2.45, 2.75) is 25.3 Å². The highest BCUT2D eigenvalue weighted by molar-refractivity contribution is 6.30. The maximum absolute atomic E-state index is 12.4. The third-order valence-electron chi connectivity index (χ3n) is 4.06. The summed E-state index contributed by atoms with van der Waals surface area (Å²) in [5, 5.41) is 10.3. The second-order valence-electron chi connectivity index (χ2n) is 5.53. The Morgan fingerprint density at radius 2 is 2.41 bits per heavy atom. The summed E-state index contributed by atoms with van der Waals surface area (Å²) >= 11 is 5.93. The first-order valence-corrected chi connectivity index (χ1v) is 7.67. The summed E-state index contributed by atoms with van der Waals surface area (Å²) in [4.78, 5) is 18.7. The van der Waals surface area contributed by atoms with Gasteiger partial charge in [-0.15, -0.1) is 0 Å². The molecular formula is C15H18ClN5O. The fourth-order valence-electron chi connectivity index (χ4n) is 2.75. The standard InChI is InChI=1S/C15H18ClN5O/c1-10(15(22)19-13-4-2-3-12(16)7-13)21-6-5-11(8-21)14-17-9-18-20-14/h2-4,7,9-11H,5-6,8H2,1H3,(H,19,22)(H,17,18,20)/t10-,11+/m0/s1. The number of hydrogen-bond donors (Lipinski definition) is 2. The smallest absolute Gasteiger partial charge is 0.241 e. The number of hydrogen-bond acceptors (Lipinski definition) is 4. The van der Waals surface area contributed by atoms with Crippen molar-refractivity contribution in [2.24, 2.45) is 0 Å². The quantitative estimate of drug-likeness (QED) is 0.906. The highest BCUT2D eigenvalue weighted by atomic mass is 35.5. The number of amides is 1. The molecular weight excluding hydrogens is 302 g/mol. The van der Waals surface area contributed by atoms with E-state index in [4.69, 9.17) is 11.6 Å². The summed E-state index contributed by atoms with van der Waals surface area (Å²) in [6.45, 7) is 3.59. The van der Waals surface area contributed by atoms with Crippen molar-refractivity contribution in [3.63, 3.8) is 0 Å². The predicted octanol–water partition coefficient (Wildman–Crippen LogP) is 2.27. The third-order valence-corrected chi connectivity index (χ3v) is 4.29. The molecule has 1 aromatic carbocycles. The molecule has 3 rings (SSSR count). The van der Waals surface area contributed by atoms with Crippen LogP contribution in [-0.4, -0.2) is 45.1 Å². The summed E-state index contributed by atoms with van der Waals surface area (Å²) in [5.74, 6) is 1.18. The molecule has 0 bridgehead atoms. The lowest BCUT2D eigenvalue weighted by atomic mass is 10.1. The van der Waals surface area contributed by atoms with Gasteiger partial charge < -0.3 is 5.32 Å². The minimum Gasteiger partial charge on any atom is -0.325 e. The van der Waals surface area contributed by atoms with Crippen LogP contribution in [0.25, 0.3) is 0 Å². The van der Waals surface area contributed by atoms with Crippen LogP contribution in [0.5, 0.6) is 0 Å². The molecule has 2 heterocycles.